The molecule has 5 atom stereocenters. The van der Waals surface area contributed by atoms with Crippen LogP contribution in [-0.2, 0) is 24.0 Å². The third-order valence-corrected chi connectivity index (χ3v) is 4.46. The van der Waals surface area contributed by atoms with Crippen molar-refractivity contribution < 1.29 is 39.3 Å². The summed E-state index contributed by atoms with van der Waals surface area (Å²) >= 11 is 0. The summed E-state index contributed by atoms with van der Waals surface area (Å²) in [6.45, 7) is 8.43. The third-order valence-electron chi connectivity index (χ3n) is 4.46. The van der Waals surface area contributed by atoms with Crippen LogP contribution in [-0.4, -0.2) is 75.3 Å². The molecule has 0 saturated carbocycles. The van der Waals surface area contributed by atoms with Gasteiger partial charge >= 0.3 is 11.9 Å². The summed E-state index contributed by atoms with van der Waals surface area (Å²) in [5.41, 5.74) is 5.56. The molecule has 0 fully saturated rings. The second-order valence-corrected chi connectivity index (χ2v) is 8.65. The van der Waals surface area contributed by atoms with Gasteiger partial charge in [-0.25, -0.2) is 4.79 Å². The molecular weight excluding hydrogens is 424 g/mol. The number of hydrogen-bond acceptors (Lipinski definition) is 7. The highest BCUT2D eigenvalue weighted by atomic mass is 16.4. The quantitative estimate of drug-likeness (QED) is 0.166. The van der Waals surface area contributed by atoms with Gasteiger partial charge in [-0.3, -0.25) is 19.2 Å². The van der Waals surface area contributed by atoms with Crippen molar-refractivity contribution in [3.05, 3.63) is 0 Å². The van der Waals surface area contributed by atoms with Crippen molar-refractivity contribution in [3.63, 3.8) is 0 Å². The first-order valence-electron chi connectivity index (χ1n) is 10.4. The molecule has 12 heteroatoms. The Kier molecular flexibility index (Phi) is 12.5. The highest BCUT2D eigenvalue weighted by molar-refractivity contribution is 5.94. The van der Waals surface area contributed by atoms with Crippen LogP contribution in [0, 0.1) is 11.8 Å². The Hall–Kier alpha value is -2.73. The summed E-state index contributed by atoms with van der Waals surface area (Å²) < 4.78 is 0. The number of carbonyl (C=O) groups is 5. The lowest BCUT2D eigenvalue weighted by Gasteiger charge is -2.27. The number of hydrogen-bond donors (Lipinski definition) is 7. The highest BCUT2D eigenvalue weighted by Crippen LogP contribution is 2.10. The van der Waals surface area contributed by atoms with E-state index in [0.717, 1.165) is 0 Å². The molecule has 0 heterocycles. The van der Waals surface area contributed by atoms with Crippen molar-refractivity contribution in [2.45, 2.75) is 84.2 Å². The van der Waals surface area contributed by atoms with Gasteiger partial charge < -0.3 is 37.0 Å². The average Bonchev–Trinajstić information content (AvgIpc) is 2.62. The molecule has 0 aliphatic carbocycles. The van der Waals surface area contributed by atoms with E-state index >= 15 is 0 Å². The van der Waals surface area contributed by atoms with E-state index in [0.29, 0.717) is 0 Å². The lowest BCUT2D eigenvalue weighted by atomic mass is 9.99. The Bertz CT molecular complexity index is 681. The van der Waals surface area contributed by atoms with Gasteiger partial charge in [-0.05, 0) is 31.6 Å². The molecule has 184 valence electrons. The normalized spacial score (nSPS) is 15.9. The monoisotopic (exact) mass is 460 g/mol. The Morgan fingerprint density at radius 2 is 1.16 bits per heavy atom. The largest absolute Gasteiger partial charge is 0.481 e. The summed E-state index contributed by atoms with van der Waals surface area (Å²) in [6, 6.07) is -5.12. The van der Waals surface area contributed by atoms with Crippen LogP contribution >= 0.6 is 0 Å². The van der Waals surface area contributed by atoms with Crippen LogP contribution in [0.25, 0.3) is 0 Å². The Morgan fingerprint density at radius 3 is 1.50 bits per heavy atom. The lowest BCUT2D eigenvalue weighted by molar-refractivity contribution is -0.145. The van der Waals surface area contributed by atoms with E-state index < -0.39 is 66.4 Å². The van der Waals surface area contributed by atoms with E-state index in [4.69, 9.17) is 10.8 Å². The van der Waals surface area contributed by atoms with Gasteiger partial charge in [-0.1, -0.05) is 27.7 Å². The maximum absolute atomic E-state index is 12.9. The zero-order valence-electron chi connectivity index (χ0n) is 19.1. The SMILES string of the molecule is CC(C)CC(NC(=O)C(N)CC(=O)O)C(=O)NC(CC(C)C)C(=O)NC(C(=O)O)C(C)O. The van der Waals surface area contributed by atoms with E-state index in [1.165, 1.54) is 6.92 Å². The number of nitrogens with one attached hydrogen (secondary N) is 3. The van der Waals surface area contributed by atoms with Gasteiger partial charge in [0.05, 0.1) is 18.6 Å². The molecule has 0 spiro atoms. The Morgan fingerprint density at radius 1 is 0.750 bits per heavy atom. The summed E-state index contributed by atoms with van der Waals surface area (Å²) in [7, 11) is 0. The summed E-state index contributed by atoms with van der Waals surface area (Å²) in [6.07, 6.45) is -1.62. The molecule has 0 bridgehead atoms. The fourth-order valence-corrected chi connectivity index (χ4v) is 2.88. The molecule has 0 aliphatic rings. The van der Waals surface area contributed by atoms with E-state index in [-0.39, 0.29) is 24.7 Å². The maximum atomic E-state index is 12.9. The van der Waals surface area contributed by atoms with Gasteiger partial charge in [-0.15, -0.1) is 0 Å². The number of rotatable bonds is 14. The predicted molar refractivity (Wildman–Crippen MR) is 114 cm³/mol. The number of amides is 3. The minimum absolute atomic E-state index is 0.0363. The molecule has 3 amide bonds. The van der Waals surface area contributed by atoms with E-state index in [9.17, 15) is 34.2 Å². The molecule has 0 saturated heterocycles. The van der Waals surface area contributed by atoms with Gasteiger partial charge in [0.15, 0.2) is 6.04 Å². The van der Waals surface area contributed by atoms with Crippen LogP contribution in [0.3, 0.4) is 0 Å². The predicted octanol–water partition coefficient (Wildman–Crippen LogP) is -1.20. The summed E-state index contributed by atoms with van der Waals surface area (Å²) in [4.78, 5) is 59.8. The van der Waals surface area contributed by atoms with Gasteiger partial charge in [0.1, 0.15) is 12.1 Å². The van der Waals surface area contributed by atoms with Crippen molar-refractivity contribution in [2.24, 2.45) is 17.6 Å². The zero-order valence-corrected chi connectivity index (χ0v) is 19.1. The van der Waals surface area contributed by atoms with E-state index in [2.05, 4.69) is 16.0 Å². The molecular formula is C20H36N4O8. The number of aliphatic hydroxyl groups is 1. The van der Waals surface area contributed by atoms with Gasteiger partial charge in [0.25, 0.3) is 0 Å². The first-order chi connectivity index (χ1) is 14.6. The third kappa shape index (κ3) is 11.0. The molecule has 5 unspecified atom stereocenters. The minimum atomic E-state index is -1.56. The van der Waals surface area contributed by atoms with Crippen LogP contribution in [0.15, 0.2) is 0 Å². The first-order valence-corrected chi connectivity index (χ1v) is 10.4. The molecule has 0 aromatic rings. The van der Waals surface area contributed by atoms with Crippen molar-refractivity contribution in [1.82, 2.24) is 16.0 Å². The minimum Gasteiger partial charge on any atom is -0.481 e. The second kappa shape index (κ2) is 13.6. The number of carboxylic acids is 2. The molecule has 12 nitrogen and oxygen atoms in total. The molecule has 0 radical (unpaired) electrons. The Balaban J connectivity index is 5.51. The Labute approximate surface area is 187 Å². The second-order valence-electron chi connectivity index (χ2n) is 8.65. The topological polar surface area (TPSA) is 208 Å². The van der Waals surface area contributed by atoms with Crippen molar-refractivity contribution in [1.29, 1.82) is 0 Å². The average molecular weight is 461 g/mol. The summed E-state index contributed by atoms with van der Waals surface area (Å²) in [5, 5.41) is 34.7. The van der Waals surface area contributed by atoms with Crippen LogP contribution < -0.4 is 21.7 Å². The van der Waals surface area contributed by atoms with Gasteiger partial charge in [0.2, 0.25) is 17.7 Å². The molecule has 0 aromatic carbocycles. The van der Waals surface area contributed by atoms with Crippen molar-refractivity contribution in [2.75, 3.05) is 0 Å². The molecule has 8 N–H and O–H groups in total. The fourth-order valence-electron chi connectivity index (χ4n) is 2.88. The standard InChI is InChI=1S/C20H36N4O8/c1-9(2)6-13(22-17(28)12(21)8-15(26)27)18(29)23-14(7-10(3)4)19(30)24-16(11(5)25)20(31)32/h9-14,16,25H,6-8,21H2,1-5H3,(H,22,28)(H,23,29)(H,24,30)(H,26,27)(H,31,32). The summed E-state index contributed by atoms with van der Waals surface area (Å²) in [5.74, 6) is -5.10. The number of carboxylic acid groups (broad SMARTS) is 2. The fraction of sp³-hybridized carbons (Fsp3) is 0.750. The van der Waals surface area contributed by atoms with E-state index in [1.807, 2.05) is 13.8 Å². The maximum Gasteiger partial charge on any atom is 0.328 e. The number of nitrogens with two attached hydrogens (primary N) is 1. The molecule has 32 heavy (non-hydrogen) atoms. The van der Waals surface area contributed by atoms with Gasteiger partial charge in [0, 0.05) is 0 Å². The van der Waals surface area contributed by atoms with Crippen molar-refractivity contribution >= 4 is 29.7 Å². The lowest BCUT2D eigenvalue weighted by Crippen LogP contribution is -2.58. The van der Waals surface area contributed by atoms with Crippen LogP contribution in [0.5, 0.6) is 0 Å². The number of aliphatic hydroxyl groups excluding tert-OH is 1. The smallest absolute Gasteiger partial charge is 0.328 e. The van der Waals surface area contributed by atoms with E-state index in [1.54, 1.807) is 13.8 Å². The zero-order chi connectivity index (χ0) is 25.2. The van der Waals surface area contributed by atoms with Crippen LogP contribution in [0.4, 0.5) is 0 Å². The molecule has 0 aliphatic heterocycles. The van der Waals surface area contributed by atoms with Gasteiger partial charge in [-0.2, -0.15) is 0 Å². The number of aliphatic carboxylic acids is 2. The first kappa shape index (κ1) is 29.3. The molecule has 0 aromatic heterocycles. The molecule has 0 rings (SSSR count). The number of carbonyl (C=O) groups excluding carboxylic acids is 3. The van der Waals surface area contributed by atoms with Crippen LogP contribution in [0.1, 0.15) is 53.9 Å². The van der Waals surface area contributed by atoms with Crippen LogP contribution in [0.2, 0.25) is 0 Å². The highest BCUT2D eigenvalue weighted by Gasteiger charge is 2.32. The van der Waals surface area contributed by atoms with Crippen molar-refractivity contribution in [3.8, 4) is 0 Å².